The smallest absolute Gasteiger partial charge is 0.719 e. The Morgan fingerprint density at radius 1 is 1.00 bits per heavy atom. The molecular formula is C4H8N2O2S2Zn. The zero-order chi connectivity index (χ0) is 8.57. The largest absolute Gasteiger partial charge is 2.00 e. The summed E-state index contributed by atoms with van der Waals surface area (Å²) >= 11 is 8.06. The fraction of sp³-hybridized carbons (Fsp3) is 0.500. The molecule has 0 unspecified atom stereocenters. The number of rotatable bonds is 0. The van der Waals surface area contributed by atoms with Crippen LogP contribution in [-0.2, 0) is 44.7 Å². The van der Waals surface area contributed by atoms with Crippen molar-refractivity contribution in [2.45, 2.75) is 0 Å². The van der Waals surface area contributed by atoms with Gasteiger partial charge >= 0.3 is 19.5 Å². The Balaban J connectivity index is -0.000000107. The average Bonchev–Trinajstić information content (AvgIpc) is 1.89. The summed E-state index contributed by atoms with van der Waals surface area (Å²) in [7, 11) is 2.99. The quantitative estimate of drug-likeness (QED) is 0.456. The van der Waals surface area contributed by atoms with Crippen molar-refractivity contribution in [3.05, 3.63) is 0 Å². The molecule has 0 bridgehead atoms. The van der Waals surface area contributed by atoms with Gasteiger partial charge in [-0.3, -0.25) is 0 Å². The Labute approximate surface area is 89.5 Å². The molecule has 0 aliphatic carbocycles. The Kier molecular flexibility index (Phi) is 19.8. The van der Waals surface area contributed by atoms with Gasteiger partial charge in [-0.2, -0.15) is 0 Å². The standard InChI is InChI=1S/2C2H5NOS.Zn/c2*1-3-2(4)5;/h2*1H3,(H2,3,4,5);/q;;+2/p-2. The second-order valence-electron chi connectivity index (χ2n) is 1.07. The normalized spacial score (nSPS) is 6.00. The molecule has 11 heavy (non-hydrogen) atoms. The Bertz CT molecular complexity index is 109. The van der Waals surface area contributed by atoms with Gasteiger partial charge in [-0.1, -0.05) is 0 Å². The summed E-state index contributed by atoms with van der Waals surface area (Å²) in [4.78, 5) is 19.0. The van der Waals surface area contributed by atoms with Crippen molar-refractivity contribution >= 4 is 35.7 Å². The fourth-order valence-electron chi connectivity index (χ4n) is 0. The first-order chi connectivity index (χ1) is 4.54. The predicted octanol–water partition coefficient (Wildman–Crippen LogP) is -0.257. The van der Waals surface area contributed by atoms with Crippen LogP contribution in [0.2, 0.25) is 0 Å². The van der Waals surface area contributed by atoms with Crippen LogP contribution < -0.4 is 10.6 Å². The van der Waals surface area contributed by atoms with Gasteiger partial charge in [0.05, 0.1) is 10.5 Å². The number of hydrogen-bond donors (Lipinski definition) is 2. The van der Waals surface area contributed by atoms with Gasteiger partial charge in [0, 0.05) is 14.1 Å². The van der Waals surface area contributed by atoms with Crippen molar-refractivity contribution in [1.29, 1.82) is 0 Å². The van der Waals surface area contributed by atoms with Crippen molar-refractivity contribution < 1.29 is 29.1 Å². The van der Waals surface area contributed by atoms with E-state index in [1.165, 1.54) is 14.1 Å². The van der Waals surface area contributed by atoms with Crippen molar-refractivity contribution in [1.82, 2.24) is 10.6 Å². The van der Waals surface area contributed by atoms with Gasteiger partial charge in [-0.05, 0) is 0 Å². The van der Waals surface area contributed by atoms with E-state index in [0.29, 0.717) is 0 Å². The second kappa shape index (κ2) is 12.7. The Morgan fingerprint density at radius 2 is 1.09 bits per heavy atom. The topological polar surface area (TPSA) is 58.2 Å². The Hall–Kier alpha value is 0.00338. The molecule has 0 aromatic carbocycles. The molecule has 0 saturated carbocycles. The van der Waals surface area contributed by atoms with Crippen molar-refractivity contribution in [2.75, 3.05) is 14.1 Å². The van der Waals surface area contributed by atoms with Crippen LogP contribution in [0.15, 0.2) is 0 Å². The molecule has 2 amide bonds. The predicted molar refractivity (Wildman–Crippen MR) is 43.6 cm³/mol. The van der Waals surface area contributed by atoms with Crippen molar-refractivity contribution in [2.24, 2.45) is 0 Å². The van der Waals surface area contributed by atoms with E-state index in [9.17, 15) is 9.59 Å². The molecule has 0 atom stereocenters. The number of carbonyl (C=O) groups excluding carboxylic acids is 2. The molecule has 0 aromatic rings. The van der Waals surface area contributed by atoms with E-state index >= 15 is 0 Å². The monoisotopic (exact) mass is 244 g/mol. The van der Waals surface area contributed by atoms with Crippen LogP contribution in [0.4, 0.5) is 9.59 Å². The second-order valence-corrected chi connectivity index (χ2v) is 1.82. The van der Waals surface area contributed by atoms with Crippen LogP contribution in [0.1, 0.15) is 0 Å². The number of carbonyl (C=O) groups is 2. The van der Waals surface area contributed by atoms with E-state index in [1.807, 2.05) is 0 Å². The van der Waals surface area contributed by atoms with E-state index in [0.717, 1.165) is 0 Å². The van der Waals surface area contributed by atoms with Crippen LogP contribution in [0.5, 0.6) is 0 Å². The van der Waals surface area contributed by atoms with Gasteiger partial charge in [-0.15, -0.1) is 0 Å². The van der Waals surface area contributed by atoms with Gasteiger partial charge in [0.1, 0.15) is 0 Å². The number of nitrogens with one attached hydrogen (secondary N) is 2. The van der Waals surface area contributed by atoms with Crippen LogP contribution in [-0.4, -0.2) is 24.6 Å². The SMILES string of the molecule is CNC(=O)[S-].CNC(=O)[S-].[Zn+2]. The third kappa shape index (κ3) is 40.0. The Morgan fingerprint density at radius 3 is 1.09 bits per heavy atom. The minimum absolute atomic E-state index is 0. The molecule has 0 fully saturated rings. The van der Waals surface area contributed by atoms with Crippen LogP contribution in [0.3, 0.4) is 0 Å². The maximum absolute atomic E-state index is 9.52. The van der Waals surface area contributed by atoms with Crippen LogP contribution in [0.25, 0.3) is 0 Å². The summed E-state index contributed by atoms with van der Waals surface area (Å²) in [6, 6.07) is 0. The molecule has 0 aliphatic heterocycles. The third-order valence-corrected chi connectivity index (χ3v) is 0.816. The van der Waals surface area contributed by atoms with E-state index in [-0.39, 0.29) is 19.5 Å². The van der Waals surface area contributed by atoms with Gasteiger partial charge in [0.25, 0.3) is 0 Å². The van der Waals surface area contributed by atoms with Crippen LogP contribution >= 0.6 is 0 Å². The summed E-state index contributed by atoms with van der Waals surface area (Å²) in [5.74, 6) is 0. The minimum atomic E-state index is -0.412. The molecule has 0 rings (SSSR count). The molecule has 0 aliphatic rings. The zero-order valence-electron chi connectivity index (χ0n) is 6.34. The molecule has 0 aromatic heterocycles. The maximum Gasteiger partial charge on any atom is 2.00 e. The maximum atomic E-state index is 9.52. The first-order valence-electron chi connectivity index (χ1n) is 2.32. The summed E-state index contributed by atoms with van der Waals surface area (Å²) in [6.45, 7) is 0. The summed E-state index contributed by atoms with van der Waals surface area (Å²) in [6.07, 6.45) is 0. The van der Waals surface area contributed by atoms with Gasteiger partial charge < -0.3 is 45.5 Å². The fourth-order valence-corrected chi connectivity index (χ4v) is 0. The molecule has 0 spiro atoms. The van der Waals surface area contributed by atoms with Gasteiger partial charge in [-0.25, -0.2) is 0 Å². The van der Waals surface area contributed by atoms with Crippen molar-refractivity contribution in [3.63, 3.8) is 0 Å². The molecule has 4 nitrogen and oxygen atoms in total. The van der Waals surface area contributed by atoms with E-state index in [2.05, 4.69) is 35.9 Å². The minimum Gasteiger partial charge on any atom is -0.719 e. The molecular weight excluding hydrogens is 238 g/mol. The molecule has 0 saturated heterocycles. The number of amides is 2. The van der Waals surface area contributed by atoms with E-state index in [4.69, 9.17) is 0 Å². The van der Waals surface area contributed by atoms with E-state index in [1.54, 1.807) is 0 Å². The van der Waals surface area contributed by atoms with Gasteiger partial charge in [0.15, 0.2) is 0 Å². The van der Waals surface area contributed by atoms with Gasteiger partial charge in [0.2, 0.25) is 0 Å². The first kappa shape index (κ1) is 17.2. The summed E-state index contributed by atoms with van der Waals surface area (Å²) in [5, 5.41) is 3.58. The zero-order valence-corrected chi connectivity index (χ0v) is 10.9. The van der Waals surface area contributed by atoms with Crippen LogP contribution in [0, 0.1) is 0 Å². The number of hydrogen-bond acceptors (Lipinski definition) is 4. The molecule has 0 heterocycles. The first-order valence-corrected chi connectivity index (χ1v) is 3.13. The molecule has 2 N–H and O–H groups in total. The molecule has 7 heteroatoms. The summed E-state index contributed by atoms with van der Waals surface area (Å²) in [5.41, 5.74) is 0. The van der Waals surface area contributed by atoms with E-state index < -0.39 is 10.5 Å². The molecule has 60 valence electrons. The third-order valence-electron chi connectivity index (χ3n) is 0.408. The summed E-state index contributed by atoms with van der Waals surface area (Å²) < 4.78 is 0. The molecule has 0 radical (unpaired) electrons. The van der Waals surface area contributed by atoms with Crippen molar-refractivity contribution in [3.8, 4) is 0 Å². The average molecular weight is 246 g/mol.